The molecule has 0 spiro atoms. The summed E-state index contributed by atoms with van der Waals surface area (Å²) in [6.45, 7) is 2.72. The number of hydrogen-bond acceptors (Lipinski definition) is 1. The standard InChI is InChI=1S/C12H14ClNO/c1-9-6-7-12(15)14(9)8-10-4-2-3-5-11(10)13/h2-5,9H,6-8H2,1H3. The van der Waals surface area contributed by atoms with Crippen LogP contribution in [0.2, 0.25) is 5.02 Å². The van der Waals surface area contributed by atoms with Crippen LogP contribution in [0.25, 0.3) is 0 Å². The summed E-state index contributed by atoms with van der Waals surface area (Å²) in [6.07, 6.45) is 1.63. The zero-order valence-corrected chi connectivity index (χ0v) is 9.50. The van der Waals surface area contributed by atoms with E-state index in [4.69, 9.17) is 11.6 Å². The molecule has 2 rings (SSSR count). The van der Waals surface area contributed by atoms with E-state index in [9.17, 15) is 4.79 Å². The minimum absolute atomic E-state index is 0.238. The summed E-state index contributed by atoms with van der Waals surface area (Å²) >= 11 is 6.06. The third-order valence-electron chi connectivity index (χ3n) is 2.93. The van der Waals surface area contributed by atoms with Crippen LogP contribution in [0.1, 0.15) is 25.3 Å². The number of hydrogen-bond donors (Lipinski definition) is 0. The van der Waals surface area contributed by atoms with Crippen molar-refractivity contribution in [1.29, 1.82) is 0 Å². The van der Waals surface area contributed by atoms with Gasteiger partial charge >= 0.3 is 0 Å². The normalized spacial score (nSPS) is 21.1. The van der Waals surface area contributed by atoms with Crippen LogP contribution in [0.15, 0.2) is 24.3 Å². The minimum Gasteiger partial charge on any atom is -0.336 e. The second-order valence-electron chi connectivity index (χ2n) is 4.00. The third kappa shape index (κ3) is 2.15. The van der Waals surface area contributed by atoms with Crippen LogP contribution in [-0.4, -0.2) is 16.8 Å². The maximum Gasteiger partial charge on any atom is 0.223 e. The maximum atomic E-state index is 11.6. The molecule has 1 aliphatic heterocycles. The second-order valence-corrected chi connectivity index (χ2v) is 4.41. The van der Waals surface area contributed by atoms with Crippen molar-refractivity contribution in [2.24, 2.45) is 0 Å². The van der Waals surface area contributed by atoms with Crippen LogP contribution in [0, 0.1) is 0 Å². The number of amides is 1. The first kappa shape index (κ1) is 10.5. The molecule has 1 amide bonds. The molecule has 3 heteroatoms. The lowest BCUT2D eigenvalue weighted by atomic mass is 10.2. The molecule has 0 radical (unpaired) electrons. The van der Waals surface area contributed by atoms with Crippen LogP contribution in [0.4, 0.5) is 0 Å². The predicted molar refractivity (Wildman–Crippen MR) is 60.7 cm³/mol. The molecule has 0 aromatic heterocycles. The van der Waals surface area contributed by atoms with Gasteiger partial charge in [0, 0.05) is 24.0 Å². The molecule has 80 valence electrons. The molecule has 1 aromatic carbocycles. The maximum absolute atomic E-state index is 11.6. The van der Waals surface area contributed by atoms with Gasteiger partial charge in [0.15, 0.2) is 0 Å². The van der Waals surface area contributed by atoms with Crippen molar-refractivity contribution in [1.82, 2.24) is 4.90 Å². The lowest BCUT2D eigenvalue weighted by Crippen LogP contribution is -2.30. The van der Waals surface area contributed by atoms with Gasteiger partial charge in [0.05, 0.1) is 0 Å². The highest BCUT2D eigenvalue weighted by Gasteiger charge is 2.27. The Balaban J connectivity index is 2.15. The molecule has 2 nitrogen and oxygen atoms in total. The summed E-state index contributed by atoms with van der Waals surface area (Å²) < 4.78 is 0. The number of nitrogens with zero attached hydrogens (tertiary/aromatic N) is 1. The summed E-state index contributed by atoms with van der Waals surface area (Å²) in [7, 11) is 0. The molecule has 1 unspecified atom stereocenters. The fourth-order valence-electron chi connectivity index (χ4n) is 1.93. The number of rotatable bonds is 2. The van der Waals surface area contributed by atoms with Gasteiger partial charge in [-0.1, -0.05) is 29.8 Å². The lowest BCUT2D eigenvalue weighted by Gasteiger charge is -2.22. The van der Waals surface area contributed by atoms with E-state index in [1.165, 1.54) is 0 Å². The Labute approximate surface area is 94.8 Å². The van der Waals surface area contributed by atoms with Crippen LogP contribution < -0.4 is 0 Å². The number of halogens is 1. The number of carbonyl (C=O) groups excluding carboxylic acids is 1. The van der Waals surface area contributed by atoms with Crippen molar-refractivity contribution >= 4 is 17.5 Å². The Bertz CT molecular complexity index is 378. The van der Waals surface area contributed by atoms with Crippen molar-refractivity contribution in [2.75, 3.05) is 0 Å². The zero-order valence-electron chi connectivity index (χ0n) is 8.74. The van der Waals surface area contributed by atoms with E-state index in [0.29, 0.717) is 19.0 Å². The van der Waals surface area contributed by atoms with E-state index in [0.717, 1.165) is 17.0 Å². The van der Waals surface area contributed by atoms with E-state index in [1.54, 1.807) is 0 Å². The molecular weight excluding hydrogens is 210 g/mol. The lowest BCUT2D eigenvalue weighted by molar-refractivity contribution is -0.129. The van der Waals surface area contributed by atoms with Gasteiger partial charge in [-0.05, 0) is 25.0 Å². The highest BCUT2D eigenvalue weighted by molar-refractivity contribution is 6.31. The molecule has 1 fully saturated rings. The first-order valence-corrected chi connectivity index (χ1v) is 5.59. The molecule has 1 saturated heterocycles. The van der Waals surface area contributed by atoms with Gasteiger partial charge in [-0.25, -0.2) is 0 Å². The Morgan fingerprint density at radius 1 is 1.47 bits per heavy atom. The fourth-order valence-corrected chi connectivity index (χ4v) is 2.13. The van der Waals surface area contributed by atoms with Gasteiger partial charge in [-0.2, -0.15) is 0 Å². The van der Waals surface area contributed by atoms with Crippen molar-refractivity contribution in [3.8, 4) is 0 Å². The van der Waals surface area contributed by atoms with Crippen LogP contribution in [0.5, 0.6) is 0 Å². The number of benzene rings is 1. The average molecular weight is 224 g/mol. The molecule has 0 saturated carbocycles. The topological polar surface area (TPSA) is 20.3 Å². The van der Waals surface area contributed by atoms with Gasteiger partial charge in [0.2, 0.25) is 5.91 Å². The Morgan fingerprint density at radius 3 is 2.80 bits per heavy atom. The van der Waals surface area contributed by atoms with Crippen LogP contribution in [-0.2, 0) is 11.3 Å². The average Bonchev–Trinajstić information content (AvgIpc) is 2.53. The SMILES string of the molecule is CC1CCC(=O)N1Cc1ccccc1Cl. The number of likely N-dealkylation sites (tertiary alicyclic amines) is 1. The smallest absolute Gasteiger partial charge is 0.223 e. The van der Waals surface area contributed by atoms with E-state index < -0.39 is 0 Å². The highest BCUT2D eigenvalue weighted by Crippen LogP contribution is 2.23. The summed E-state index contributed by atoms with van der Waals surface area (Å²) in [4.78, 5) is 13.5. The molecule has 1 aromatic rings. The summed E-state index contributed by atoms with van der Waals surface area (Å²) in [5, 5.41) is 0.740. The Hall–Kier alpha value is -1.02. The molecular formula is C12H14ClNO. The predicted octanol–water partition coefficient (Wildman–Crippen LogP) is 2.85. The molecule has 1 atom stereocenters. The number of carbonyl (C=O) groups is 1. The first-order valence-electron chi connectivity index (χ1n) is 5.21. The van der Waals surface area contributed by atoms with Crippen LogP contribution >= 0.6 is 11.6 Å². The van der Waals surface area contributed by atoms with E-state index in [-0.39, 0.29) is 5.91 Å². The van der Waals surface area contributed by atoms with E-state index in [2.05, 4.69) is 6.92 Å². The van der Waals surface area contributed by atoms with E-state index in [1.807, 2.05) is 29.2 Å². The summed E-state index contributed by atoms with van der Waals surface area (Å²) in [5.74, 6) is 0.238. The highest BCUT2D eigenvalue weighted by atomic mass is 35.5. The Morgan fingerprint density at radius 2 is 2.20 bits per heavy atom. The first-order chi connectivity index (χ1) is 7.18. The van der Waals surface area contributed by atoms with Gasteiger partial charge in [0.1, 0.15) is 0 Å². The van der Waals surface area contributed by atoms with Crippen molar-refractivity contribution in [2.45, 2.75) is 32.4 Å². The second kappa shape index (κ2) is 4.23. The van der Waals surface area contributed by atoms with E-state index >= 15 is 0 Å². The van der Waals surface area contributed by atoms with Gasteiger partial charge in [-0.3, -0.25) is 4.79 Å². The van der Waals surface area contributed by atoms with Crippen molar-refractivity contribution < 1.29 is 4.79 Å². The molecule has 1 heterocycles. The minimum atomic E-state index is 0.238. The zero-order chi connectivity index (χ0) is 10.8. The molecule has 15 heavy (non-hydrogen) atoms. The Kier molecular flexibility index (Phi) is 2.96. The fraction of sp³-hybridized carbons (Fsp3) is 0.417. The van der Waals surface area contributed by atoms with Crippen LogP contribution in [0.3, 0.4) is 0 Å². The van der Waals surface area contributed by atoms with Crippen molar-refractivity contribution in [3.63, 3.8) is 0 Å². The van der Waals surface area contributed by atoms with Gasteiger partial charge in [0.25, 0.3) is 0 Å². The van der Waals surface area contributed by atoms with Gasteiger partial charge in [-0.15, -0.1) is 0 Å². The molecule has 0 N–H and O–H groups in total. The molecule has 0 bridgehead atoms. The van der Waals surface area contributed by atoms with Gasteiger partial charge < -0.3 is 4.90 Å². The monoisotopic (exact) mass is 223 g/mol. The summed E-state index contributed by atoms with van der Waals surface area (Å²) in [5.41, 5.74) is 1.03. The molecule has 0 aliphatic carbocycles. The summed E-state index contributed by atoms with van der Waals surface area (Å²) in [6, 6.07) is 8.03. The largest absolute Gasteiger partial charge is 0.336 e. The third-order valence-corrected chi connectivity index (χ3v) is 3.30. The molecule has 1 aliphatic rings. The quantitative estimate of drug-likeness (QED) is 0.755. The van der Waals surface area contributed by atoms with Crippen molar-refractivity contribution in [3.05, 3.63) is 34.9 Å².